The van der Waals surface area contributed by atoms with Gasteiger partial charge >= 0.3 is 11.7 Å². The van der Waals surface area contributed by atoms with Crippen molar-refractivity contribution in [3.63, 3.8) is 0 Å². The molecule has 0 saturated heterocycles. The predicted octanol–water partition coefficient (Wildman–Crippen LogP) is 1.18. The van der Waals surface area contributed by atoms with Crippen LogP contribution in [0.1, 0.15) is 38.2 Å². The number of carbonyl (C=O) groups excluding carboxylic acids is 2. The molecule has 34 heavy (non-hydrogen) atoms. The van der Waals surface area contributed by atoms with E-state index in [0.29, 0.717) is 29.3 Å². The van der Waals surface area contributed by atoms with Crippen LogP contribution in [0.3, 0.4) is 0 Å². The van der Waals surface area contributed by atoms with Crippen LogP contribution in [-0.4, -0.2) is 51.1 Å². The average molecular weight is 471 g/mol. The molecule has 12 nitrogen and oxygen atoms in total. The van der Waals surface area contributed by atoms with E-state index in [1.54, 1.807) is 24.3 Å². The van der Waals surface area contributed by atoms with Gasteiger partial charge in [-0.15, -0.1) is 0 Å². The third-order valence-corrected chi connectivity index (χ3v) is 5.23. The minimum atomic E-state index is -0.840. The van der Waals surface area contributed by atoms with Gasteiger partial charge in [0, 0.05) is 18.7 Å². The maximum atomic E-state index is 12.5. The summed E-state index contributed by atoms with van der Waals surface area (Å²) in [7, 11) is 1.25. The van der Waals surface area contributed by atoms with Gasteiger partial charge in [0.1, 0.15) is 11.6 Å². The number of unbranched alkanes of at least 4 members (excludes halogenated alkanes) is 1. The highest BCUT2D eigenvalue weighted by atomic mass is 16.5. The minimum absolute atomic E-state index is 0.0818. The maximum Gasteiger partial charge on any atom is 0.328 e. The minimum Gasteiger partial charge on any atom is -0.468 e. The maximum absolute atomic E-state index is 12.5. The molecule has 1 aromatic carbocycles. The molecule has 1 amide bonds. The number of nitrogens with one attached hydrogen (secondary N) is 3. The van der Waals surface area contributed by atoms with Crippen LogP contribution >= 0.6 is 0 Å². The Morgan fingerprint density at radius 1 is 1.24 bits per heavy atom. The van der Waals surface area contributed by atoms with Gasteiger partial charge in [-0.1, -0.05) is 25.5 Å². The number of aromatic amines is 1. The monoisotopic (exact) mass is 470 g/mol. The second-order valence-electron chi connectivity index (χ2n) is 7.84. The number of hydrogen-bond acceptors (Lipinski definition) is 9. The molecule has 0 bridgehead atoms. The van der Waals surface area contributed by atoms with Gasteiger partial charge in [0.05, 0.1) is 13.7 Å². The molecule has 0 fully saturated rings. The molecule has 2 aromatic heterocycles. The number of fused-ring (bicyclic) bond motifs is 1. The van der Waals surface area contributed by atoms with Crippen LogP contribution in [-0.2, 0) is 20.9 Å². The number of esters is 1. The lowest BCUT2D eigenvalue weighted by Crippen LogP contribution is -2.32. The molecule has 0 aliphatic carbocycles. The smallest absolute Gasteiger partial charge is 0.328 e. The van der Waals surface area contributed by atoms with Gasteiger partial charge in [0.2, 0.25) is 11.9 Å². The Morgan fingerprint density at radius 3 is 2.65 bits per heavy atom. The zero-order valence-corrected chi connectivity index (χ0v) is 19.3. The summed E-state index contributed by atoms with van der Waals surface area (Å²) in [6, 6.07) is 6.22. The third kappa shape index (κ3) is 6.10. The molecular weight excluding hydrogens is 440 g/mol. The molecule has 12 heteroatoms. The fourth-order valence-corrected chi connectivity index (χ4v) is 3.31. The third-order valence-electron chi connectivity index (χ3n) is 5.23. The number of nitrogens with zero attached hydrogens (tertiary/aromatic N) is 3. The van der Waals surface area contributed by atoms with Crippen LogP contribution in [0, 0.1) is 0 Å². The van der Waals surface area contributed by atoms with Gasteiger partial charge in [-0.3, -0.25) is 14.2 Å². The molecule has 0 radical (unpaired) electrons. The van der Waals surface area contributed by atoms with Gasteiger partial charge < -0.3 is 31.8 Å². The number of H-pyrrole nitrogens is 1. The summed E-state index contributed by atoms with van der Waals surface area (Å²) in [5, 5.41) is 5.88. The van der Waals surface area contributed by atoms with Crippen LogP contribution in [0.2, 0.25) is 0 Å². The molecule has 0 aliphatic heterocycles. The summed E-state index contributed by atoms with van der Waals surface area (Å²) >= 11 is 0. The second-order valence-corrected chi connectivity index (χ2v) is 7.84. The van der Waals surface area contributed by atoms with E-state index in [9.17, 15) is 14.4 Å². The molecule has 3 aromatic rings. The Labute approximate surface area is 196 Å². The quantitative estimate of drug-likeness (QED) is 0.203. The van der Waals surface area contributed by atoms with Crippen molar-refractivity contribution in [3.05, 3.63) is 40.3 Å². The Kier molecular flexibility index (Phi) is 8.19. The highest BCUT2D eigenvalue weighted by Gasteiger charge is 2.16. The van der Waals surface area contributed by atoms with Crippen molar-refractivity contribution in [2.75, 3.05) is 30.0 Å². The van der Waals surface area contributed by atoms with E-state index in [-0.39, 0.29) is 36.8 Å². The van der Waals surface area contributed by atoms with Gasteiger partial charge in [0.15, 0.2) is 11.5 Å². The van der Waals surface area contributed by atoms with Gasteiger partial charge in [-0.25, -0.2) is 4.79 Å². The van der Waals surface area contributed by atoms with E-state index in [2.05, 4.69) is 37.2 Å². The lowest BCUT2D eigenvalue weighted by atomic mass is 10.1. The first-order valence-corrected chi connectivity index (χ1v) is 11.0. The summed E-state index contributed by atoms with van der Waals surface area (Å²) in [6.45, 7) is 3.05. The van der Waals surface area contributed by atoms with Crippen molar-refractivity contribution >= 4 is 40.5 Å². The van der Waals surface area contributed by atoms with Crippen LogP contribution in [0.4, 0.5) is 17.5 Å². The molecule has 1 atom stereocenters. The first kappa shape index (κ1) is 24.7. The van der Waals surface area contributed by atoms with Crippen LogP contribution in [0.5, 0.6) is 0 Å². The van der Waals surface area contributed by atoms with Gasteiger partial charge in [-0.05, 0) is 30.5 Å². The molecule has 0 unspecified atom stereocenters. The second kappa shape index (κ2) is 11.3. The van der Waals surface area contributed by atoms with Crippen molar-refractivity contribution in [1.29, 1.82) is 0 Å². The van der Waals surface area contributed by atoms with E-state index in [1.165, 1.54) is 11.7 Å². The lowest BCUT2D eigenvalue weighted by Gasteiger charge is -2.10. The Morgan fingerprint density at radius 2 is 1.97 bits per heavy atom. The average Bonchev–Trinajstić information content (AvgIpc) is 3.14. The Balaban J connectivity index is 1.68. The number of aromatic nitrogens is 4. The lowest BCUT2D eigenvalue weighted by molar-refractivity contribution is -0.142. The predicted molar refractivity (Wildman–Crippen MR) is 129 cm³/mol. The number of imidazole rings is 1. The molecule has 0 saturated carbocycles. The topological polar surface area (TPSA) is 183 Å². The van der Waals surface area contributed by atoms with Crippen molar-refractivity contribution in [1.82, 2.24) is 19.5 Å². The number of hydrogen-bond donors (Lipinski definition) is 5. The summed E-state index contributed by atoms with van der Waals surface area (Å²) in [6.07, 6.45) is 2.25. The SMILES string of the molecule is CCCCNc1nc(N)c2[nH]c(=O)n(Cc3ccc(NC(=O)CC[C@H](N)C(=O)OC)cc3)c2n1. The molecule has 182 valence electrons. The van der Waals surface area contributed by atoms with E-state index in [1.807, 2.05) is 0 Å². The fraction of sp³-hybridized carbons (Fsp3) is 0.409. The first-order valence-electron chi connectivity index (χ1n) is 11.0. The summed E-state index contributed by atoms with van der Waals surface area (Å²) in [5.74, 6) is -0.253. The number of amides is 1. The number of benzene rings is 1. The summed E-state index contributed by atoms with van der Waals surface area (Å²) < 4.78 is 6.03. The van der Waals surface area contributed by atoms with Gasteiger partial charge in [0.25, 0.3) is 0 Å². The highest BCUT2D eigenvalue weighted by molar-refractivity contribution is 5.91. The van der Waals surface area contributed by atoms with Crippen LogP contribution in [0.25, 0.3) is 11.2 Å². The van der Waals surface area contributed by atoms with E-state index in [0.717, 1.165) is 18.4 Å². The molecule has 3 rings (SSSR count). The van der Waals surface area contributed by atoms with Crippen molar-refractivity contribution in [3.8, 4) is 0 Å². The number of anilines is 3. The first-order chi connectivity index (χ1) is 16.3. The number of rotatable bonds is 11. The molecule has 0 spiro atoms. The van der Waals surface area contributed by atoms with E-state index >= 15 is 0 Å². The van der Waals surface area contributed by atoms with Crippen molar-refractivity contribution < 1.29 is 14.3 Å². The highest BCUT2D eigenvalue weighted by Crippen LogP contribution is 2.18. The summed E-state index contributed by atoms with van der Waals surface area (Å²) in [5.41, 5.74) is 13.5. The van der Waals surface area contributed by atoms with Crippen LogP contribution in [0.15, 0.2) is 29.1 Å². The molecular formula is C22H30N8O4. The molecule has 7 N–H and O–H groups in total. The molecule has 2 heterocycles. The zero-order chi connectivity index (χ0) is 24.7. The standard InChI is InChI=1S/C22H30N8O4/c1-3-4-11-25-21-28-18(24)17-19(29-21)30(22(33)27-17)12-13-5-7-14(8-6-13)26-16(31)10-9-15(23)20(32)34-2/h5-8,15H,3-4,9-12,23H2,1-2H3,(H,26,31)(H,27,33)(H3,24,25,28,29)/t15-/m0/s1. The zero-order valence-electron chi connectivity index (χ0n) is 19.3. The number of nitrogens with two attached hydrogens (primary N) is 2. The fourth-order valence-electron chi connectivity index (χ4n) is 3.31. The van der Waals surface area contributed by atoms with Gasteiger partial charge in [-0.2, -0.15) is 9.97 Å². The number of carbonyl (C=O) groups is 2. The number of methoxy groups -OCH3 is 1. The van der Waals surface area contributed by atoms with E-state index < -0.39 is 12.0 Å². The Bertz CT molecular complexity index is 1200. The number of nitrogen functional groups attached to an aromatic ring is 1. The molecule has 0 aliphatic rings. The normalized spacial score (nSPS) is 11.9. The Hall–Kier alpha value is -3.93. The van der Waals surface area contributed by atoms with E-state index in [4.69, 9.17) is 11.5 Å². The van der Waals surface area contributed by atoms with Crippen LogP contribution < -0.4 is 27.8 Å². The largest absolute Gasteiger partial charge is 0.468 e. The number of ether oxygens (including phenoxy) is 1. The van der Waals surface area contributed by atoms with Crippen molar-refractivity contribution in [2.24, 2.45) is 5.73 Å². The summed E-state index contributed by atoms with van der Waals surface area (Å²) in [4.78, 5) is 47.4. The van der Waals surface area contributed by atoms with Crippen molar-refractivity contribution in [2.45, 2.75) is 45.2 Å².